The van der Waals surface area contributed by atoms with Crippen LogP contribution in [0.1, 0.15) is 32.1 Å². The SMILES string of the molecule is NC1=NC2(CCCCC2)N(c2ccccc2)C(N)=N1.[Cl-]. The van der Waals surface area contributed by atoms with E-state index in [1.165, 1.54) is 6.42 Å². The number of aliphatic imine (C=N–C) groups is 2. The molecule has 1 aromatic carbocycles. The number of rotatable bonds is 1. The van der Waals surface area contributed by atoms with Gasteiger partial charge in [0, 0.05) is 5.69 Å². The van der Waals surface area contributed by atoms with Crippen LogP contribution in [0.4, 0.5) is 5.69 Å². The molecule has 2 aliphatic rings. The first-order valence-corrected chi connectivity index (χ1v) is 6.76. The Balaban J connectivity index is 0.00000147. The summed E-state index contributed by atoms with van der Waals surface area (Å²) >= 11 is 0. The van der Waals surface area contributed by atoms with E-state index in [-0.39, 0.29) is 18.1 Å². The predicted molar refractivity (Wildman–Crippen MR) is 78.0 cm³/mol. The van der Waals surface area contributed by atoms with E-state index < -0.39 is 0 Å². The highest BCUT2D eigenvalue weighted by atomic mass is 35.5. The number of guanidine groups is 2. The molecule has 20 heavy (non-hydrogen) atoms. The van der Waals surface area contributed by atoms with Gasteiger partial charge < -0.3 is 23.9 Å². The van der Waals surface area contributed by atoms with Gasteiger partial charge in [0.25, 0.3) is 0 Å². The Morgan fingerprint density at radius 1 is 1.00 bits per heavy atom. The number of hydrogen-bond acceptors (Lipinski definition) is 5. The van der Waals surface area contributed by atoms with E-state index in [0.717, 1.165) is 31.4 Å². The minimum atomic E-state index is -0.338. The Labute approximate surface area is 125 Å². The Morgan fingerprint density at radius 3 is 2.30 bits per heavy atom. The molecule has 0 amide bonds. The second-order valence-corrected chi connectivity index (χ2v) is 5.15. The first-order chi connectivity index (χ1) is 9.21. The van der Waals surface area contributed by atoms with Crippen LogP contribution >= 0.6 is 0 Å². The average Bonchev–Trinajstić information content (AvgIpc) is 2.39. The number of para-hydroxylation sites is 1. The highest BCUT2D eigenvalue weighted by Gasteiger charge is 2.42. The summed E-state index contributed by atoms with van der Waals surface area (Å²) in [4.78, 5) is 10.8. The zero-order valence-electron chi connectivity index (χ0n) is 11.3. The van der Waals surface area contributed by atoms with Crippen molar-refractivity contribution in [3.63, 3.8) is 0 Å². The maximum absolute atomic E-state index is 6.12. The standard InChI is InChI=1S/C14H19N5.ClH/c15-12-17-13(16)19(11-7-3-1-4-8-11)14(18-12)9-5-2-6-10-14;/h1,3-4,7-8H,2,5-6,9-10H2,(H4,15,16,17,18);1H/p-1. The maximum atomic E-state index is 6.12. The smallest absolute Gasteiger partial charge is 0.220 e. The van der Waals surface area contributed by atoms with Gasteiger partial charge in [0.05, 0.1) is 0 Å². The third-order valence-corrected chi connectivity index (χ3v) is 3.87. The maximum Gasteiger partial charge on any atom is 0.220 e. The molecule has 0 radical (unpaired) electrons. The van der Waals surface area contributed by atoms with E-state index in [9.17, 15) is 0 Å². The van der Waals surface area contributed by atoms with E-state index in [1.54, 1.807) is 0 Å². The lowest BCUT2D eigenvalue weighted by atomic mass is 9.87. The molecule has 1 fully saturated rings. The van der Waals surface area contributed by atoms with Crippen LogP contribution in [0.3, 0.4) is 0 Å². The number of hydrogen-bond donors (Lipinski definition) is 2. The minimum absolute atomic E-state index is 0. The van der Waals surface area contributed by atoms with Crippen LogP contribution in [-0.2, 0) is 0 Å². The molecule has 108 valence electrons. The fourth-order valence-electron chi connectivity index (χ4n) is 3.07. The second-order valence-electron chi connectivity index (χ2n) is 5.15. The van der Waals surface area contributed by atoms with Gasteiger partial charge in [-0.1, -0.05) is 24.6 Å². The fourth-order valence-corrected chi connectivity index (χ4v) is 3.07. The van der Waals surface area contributed by atoms with Crippen molar-refractivity contribution < 1.29 is 12.4 Å². The number of nitrogens with two attached hydrogens (primary N) is 2. The van der Waals surface area contributed by atoms with Crippen molar-refractivity contribution >= 4 is 17.6 Å². The molecule has 1 aliphatic heterocycles. The highest BCUT2D eigenvalue weighted by molar-refractivity contribution is 6.05. The molecule has 0 aromatic heterocycles. The molecule has 0 unspecified atom stereocenters. The summed E-state index contributed by atoms with van der Waals surface area (Å²) < 4.78 is 0. The molecule has 1 saturated carbocycles. The van der Waals surface area contributed by atoms with E-state index in [4.69, 9.17) is 11.5 Å². The van der Waals surface area contributed by atoms with Crippen LogP contribution in [0.5, 0.6) is 0 Å². The molecule has 1 heterocycles. The average molecular weight is 293 g/mol. The zero-order chi connectivity index (χ0) is 13.3. The predicted octanol–water partition coefficient (Wildman–Crippen LogP) is -1.20. The van der Waals surface area contributed by atoms with Gasteiger partial charge in [-0.15, -0.1) is 0 Å². The van der Waals surface area contributed by atoms with Crippen LogP contribution < -0.4 is 28.8 Å². The van der Waals surface area contributed by atoms with Gasteiger partial charge in [-0.05, 0) is 37.8 Å². The van der Waals surface area contributed by atoms with Gasteiger partial charge in [-0.25, -0.2) is 4.99 Å². The summed E-state index contributed by atoms with van der Waals surface area (Å²) in [5.41, 5.74) is 12.6. The van der Waals surface area contributed by atoms with Gasteiger partial charge in [0.1, 0.15) is 5.66 Å². The number of benzene rings is 1. The third kappa shape index (κ3) is 2.45. The van der Waals surface area contributed by atoms with Gasteiger partial charge in [-0.2, -0.15) is 4.99 Å². The van der Waals surface area contributed by atoms with Crippen molar-refractivity contribution in [1.82, 2.24) is 0 Å². The summed E-state index contributed by atoms with van der Waals surface area (Å²) in [7, 11) is 0. The second kappa shape index (κ2) is 5.71. The van der Waals surface area contributed by atoms with Crippen molar-refractivity contribution in [3.8, 4) is 0 Å². The van der Waals surface area contributed by atoms with Crippen molar-refractivity contribution in [2.45, 2.75) is 37.8 Å². The van der Waals surface area contributed by atoms with Gasteiger partial charge in [-0.3, -0.25) is 4.90 Å². The molecule has 1 aromatic rings. The van der Waals surface area contributed by atoms with Crippen LogP contribution in [-0.4, -0.2) is 17.6 Å². The van der Waals surface area contributed by atoms with Crippen LogP contribution in [0.25, 0.3) is 0 Å². The molecule has 4 N–H and O–H groups in total. The van der Waals surface area contributed by atoms with Crippen LogP contribution in [0.15, 0.2) is 40.3 Å². The largest absolute Gasteiger partial charge is 1.00 e. The van der Waals surface area contributed by atoms with E-state index in [0.29, 0.717) is 11.9 Å². The van der Waals surface area contributed by atoms with Gasteiger partial charge in [0.2, 0.25) is 11.9 Å². The van der Waals surface area contributed by atoms with Crippen LogP contribution in [0, 0.1) is 0 Å². The summed E-state index contributed by atoms with van der Waals surface area (Å²) in [6.07, 6.45) is 5.48. The topological polar surface area (TPSA) is 80.0 Å². The lowest BCUT2D eigenvalue weighted by Gasteiger charge is -2.45. The summed E-state index contributed by atoms with van der Waals surface area (Å²) in [6, 6.07) is 10.1. The first-order valence-electron chi connectivity index (χ1n) is 6.76. The highest BCUT2D eigenvalue weighted by Crippen LogP contribution is 2.39. The van der Waals surface area contributed by atoms with E-state index in [1.807, 2.05) is 35.2 Å². The minimum Gasteiger partial charge on any atom is -1.00 e. The normalized spacial score (nSPS) is 20.9. The Hall–Kier alpha value is -1.75. The Morgan fingerprint density at radius 2 is 1.65 bits per heavy atom. The Kier molecular flexibility index (Phi) is 4.18. The molecule has 6 heteroatoms. The van der Waals surface area contributed by atoms with Gasteiger partial charge in [0.15, 0.2) is 0 Å². The quantitative estimate of drug-likeness (QED) is 0.682. The van der Waals surface area contributed by atoms with Crippen molar-refractivity contribution in [2.24, 2.45) is 21.5 Å². The molecule has 1 aliphatic carbocycles. The van der Waals surface area contributed by atoms with E-state index >= 15 is 0 Å². The molecule has 5 nitrogen and oxygen atoms in total. The van der Waals surface area contributed by atoms with Crippen molar-refractivity contribution in [2.75, 3.05) is 4.90 Å². The number of anilines is 1. The first kappa shape index (κ1) is 14.7. The lowest BCUT2D eigenvalue weighted by molar-refractivity contribution is -0.00000464. The van der Waals surface area contributed by atoms with Crippen molar-refractivity contribution in [3.05, 3.63) is 30.3 Å². The number of halogens is 1. The van der Waals surface area contributed by atoms with Gasteiger partial charge >= 0.3 is 0 Å². The molecule has 1 spiro atoms. The fraction of sp³-hybridized carbons (Fsp3) is 0.429. The van der Waals surface area contributed by atoms with E-state index in [2.05, 4.69) is 9.98 Å². The summed E-state index contributed by atoms with van der Waals surface area (Å²) in [5.74, 6) is 0.743. The van der Waals surface area contributed by atoms with Crippen LogP contribution in [0.2, 0.25) is 0 Å². The number of nitrogens with zero attached hydrogens (tertiary/aromatic N) is 3. The zero-order valence-corrected chi connectivity index (χ0v) is 12.1. The Bertz CT molecular complexity index is 520. The monoisotopic (exact) mass is 292 g/mol. The molecule has 0 saturated heterocycles. The molecular formula is C14H19ClN5-. The molecule has 3 rings (SSSR count). The molecule has 0 atom stereocenters. The molecule has 0 bridgehead atoms. The van der Waals surface area contributed by atoms with Crippen molar-refractivity contribution in [1.29, 1.82) is 0 Å². The summed E-state index contributed by atoms with van der Waals surface area (Å²) in [5, 5.41) is 0. The third-order valence-electron chi connectivity index (χ3n) is 3.87. The lowest BCUT2D eigenvalue weighted by Crippen LogP contribution is -3.00. The molecular weight excluding hydrogens is 274 g/mol. The summed E-state index contributed by atoms with van der Waals surface area (Å²) in [6.45, 7) is 0.